The molecule has 0 unspecified atom stereocenters. The van der Waals surface area contributed by atoms with Crippen LogP contribution in [0.5, 0.6) is 0 Å². The van der Waals surface area contributed by atoms with E-state index in [0.29, 0.717) is 12.8 Å². The normalized spacial score (nSPS) is 41.0. The van der Waals surface area contributed by atoms with Crippen LogP contribution in [0, 0.1) is 23.7 Å². The Morgan fingerprint density at radius 1 is 0.924 bits per heavy atom. The number of ether oxygens (including phenoxy) is 6. The summed E-state index contributed by atoms with van der Waals surface area (Å²) >= 11 is 0. The molecule has 0 spiro atoms. The molecule has 1 aromatic carbocycles. The second kappa shape index (κ2) is 22.0. The Labute approximate surface area is 389 Å². The standard InChI is InChI=1S/C49H77N3O14/c1-26-22-47(7,59)44(66-46-40(55)35(52(10)11)21-27(2)62-46)29(4)41(65-38-23-48(8,61-12)43(57)31(6)63-38)30(5)45(58)64-36(49(9,60)42(56)28(3)39(26)54)19-20-51-37(53)18-17-33-25-50-24-32-15-13-14-16-34(32)33/h13-16,24-31,35-36,38,40-44,46,55-57,59-60H,17-23H2,1-12H3,(H,51,53)/t26-,27-,28+,29+,30-,31+,35+,36-,38+,40-,41+,42-,43+,44-,46-,47-,48-,49-/m1/s1. The van der Waals surface area contributed by atoms with Gasteiger partial charge in [0, 0.05) is 74.5 Å². The molecule has 18 atom stereocenters. The van der Waals surface area contributed by atoms with Crippen molar-refractivity contribution in [1.82, 2.24) is 15.2 Å². The molecule has 3 aliphatic heterocycles. The smallest absolute Gasteiger partial charge is 0.311 e. The molecule has 3 aliphatic rings. The highest BCUT2D eigenvalue weighted by Crippen LogP contribution is 2.41. The van der Waals surface area contributed by atoms with Crippen LogP contribution >= 0.6 is 0 Å². The van der Waals surface area contributed by atoms with Gasteiger partial charge >= 0.3 is 5.97 Å². The number of benzene rings is 1. The highest BCUT2D eigenvalue weighted by atomic mass is 16.7. The van der Waals surface area contributed by atoms with Crippen LogP contribution in [-0.4, -0.2) is 165 Å². The van der Waals surface area contributed by atoms with Gasteiger partial charge in [0.2, 0.25) is 5.91 Å². The van der Waals surface area contributed by atoms with Crippen LogP contribution in [-0.2, 0) is 49.2 Å². The number of fused-ring (bicyclic) bond motifs is 1. The quantitative estimate of drug-likeness (QED) is 0.168. The fourth-order valence-electron chi connectivity index (χ4n) is 10.3. The number of amides is 1. The van der Waals surface area contributed by atoms with Gasteiger partial charge in [-0.15, -0.1) is 0 Å². The number of likely N-dealkylation sites (N-methyl/N-ethyl adjacent to an activating group) is 1. The third-order valence-corrected chi connectivity index (χ3v) is 14.6. The molecule has 1 amide bonds. The van der Waals surface area contributed by atoms with Crippen LogP contribution in [0.15, 0.2) is 36.7 Å². The monoisotopic (exact) mass is 932 g/mol. The molecule has 3 fully saturated rings. The zero-order valence-electron chi connectivity index (χ0n) is 40.9. The van der Waals surface area contributed by atoms with Crippen molar-refractivity contribution in [2.75, 3.05) is 27.7 Å². The molecule has 66 heavy (non-hydrogen) atoms. The fourth-order valence-corrected chi connectivity index (χ4v) is 10.3. The van der Waals surface area contributed by atoms with Crippen molar-refractivity contribution in [3.8, 4) is 0 Å². The molecule has 4 heterocycles. The van der Waals surface area contributed by atoms with E-state index in [4.69, 9.17) is 28.4 Å². The SMILES string of the molecule is CO[C@]1(C)C[C@H](O[C@H]2[C@H](C)[C@@H](O[C@H]3O[C@H](C)C[C@H](N(C)C)[C@H]3O)[C@](C)(O)C[C@@H](C)C(=O)[C@H](C)[C@@H](O)[C@](C)(O)[C@@H](CCNC(=O)CCc3cncc4ccccc34)OC(=O)[C@@H]2C)O[C@@H](C)[C@@H]1O. The Balaban J connectivity index is 1.49. The minimum atomic E-state index is -2.21. The summed E-state index contributed by atoms with van der Waals surface area (Å²) in [5, 5.41) is 64.0. The van der Waals surface area contributed by atoms with Gasteiger partial charge in [0.25, 0.3) is 0 Å². The van der Waals surface area contributed by atoms with Crippen LogP contribution in [0.4, 0.5) is 0 Å². The maximum atomic E-state index is 14.7. The van der Waals surface area contributed by atoms with Crippen molar-refractivity contribution >= 4 is 28.4 Å². The first-order valence-electron chi connectivity index (χ1n) is 23.5. The topological polar surface area (TPSA) is 236 Å². The molecule has 17 nitrogen and oxygen atoms in total. The first kappa shape index (κ1) is 53.8. The van der Waals surface area contributed by atoms with E-state index < -0.39 is 108 Å². The largest absolute Gasteiger partial charge is 0.459 e. The number of nitrogens with one attached hydrogen (secondary N) is 1. The second-order valence-electron chi connectivity index (χ2n) is 20.2. The zero-order valence-corrected chi connectivity index (χ0v) is 40.9. The first-order chi connectivity index (χ1) is 30.8. The molecule has 2 aromatic rings. The van der Waals surface area contributed by atoms with Gasteiger partial charge in [-0.1, -0.05) is 45.0 Å². The number of aryl methyl sites for hydroxylation is 1. The second-order valence-corrected chi connectivity index (χ2v) is 20.2. The maximum Gasteiger partial charge on any atom is 0.311 e. The summed E-state index contributed by atoms with van der Waals surface area (Å²) in [5.74, 6) is -5.88. The number of hydrogen-bond donors (Lipinski definition) is 6. The molecule has 372 valence electrons. The van der Waals surface area contributed by atoms with Crippen LogP contribution in [0.1, 0.15) is 100.0 Å². The van der Waals surface area contributed by atoms with Gasteiger partial charge in [0.1, 0.15) is 29.7 Å². The highest BCUT2D eigenvalue weighted by molar-refractivity contribution is 5.85. The van der Waals surface area contributed by atoms with Crippen LogP contribution < -0.4 is 5.32 Å². The van der Waals surface area contributed by atoms with Crippen molar-refractivity contribution in [2.24, 2.45) is 23.7 Å². The molecule has 1 aromatic heterocycles. The molecule has 0 radical (unpaired) electrons. The Morgan fingerprint density at radius 3 is 2.27 bits per heavy atom. The Kier molecular flexibility index (Phi) is 18.0. The number of esters is 1. The van der Waals surface area contributed by atoms with Crippen molar-refractivity contribution in [3.63, 3.8) is 0 Å². The van der Waals surface area contributed by atoms with Crippen molar-refractivity contribution in [2.45, 2.75) is 185 Å². The number of nitrogens with zero attached hydrogens (tertiary/aromatic N) is 2. The van der Waals surface area contributed by atoms with Gasteiger partial charge < -0.3 is 64.2 Å². The molecule has 3 saturated heterocycles. The summed E-state index contributed by atoms with van der Waals surface area (Å²) in [7, 11) is 5.14. The lowest BCUT2D eigenvalue weighted by atomic mass is 9.74. The molecular formula is C49H77N3O14. The number of ketones is 1. The number of methoxy groups -OCH3 is 1. The van der Waals surface area contributed by atoms with Gasteiger partial charge in [0.15, 0.2) is 12.6 Å². The van der Waals surface area contributed by atoms with E-state index in [1.807, 2.05) is 50.2 Å². The van der Waals surface area contributed by atoms with E-state index in [-0.39, 0.29) is 50.3 Å². The molecule has 0 bridgehead atoms. The molecule has 0 aliphatic carbocycles. The fraction of sp³-hybridized carbons (Fsp3) is 0.755. The summed E-state index contributed by atoms with van der Waals surface area (Å²) in [6.45, 7) is 14.3. The van der Waals surface area contributed by atoms with Crippen LogP contribution in [0.3, 0.4) is 0 Å². The summed E-state index contributed by atoms with van der Waals surface area (Å²) in [5.41, 5.74) is -4.28. The maximum absolute atomic E-state index is 14.7. The molecule has 6 N–H and O–H groups in total. The summed E-state index contributed by atoms with van der Waals surface area (Å²) in [4.78, 5) is 48.3. The van der Waals surface area contributed by atoms with E-state index in [0.717, 1.165) is 16.3 Å². The lowest BCUT2D eigenvalue weighted by Crippen LogP contribution is -2.61. The zero-order chi connectivity index (χ0) is 49.1. The number of cyclic esters (lactones) is 1. The van der Waals surface area contributed by atoms with Gasteiger partial charge in [0.05, 0.1) is 47.6 Å². The number of rotatable bonds is 12. The lowest BCUT2D eigenvalue weighted by Gasteiger charge is -2.49. The minimum absolute atomic E-state index is 0.0397. The molecule has 0 saturated carbocycles. The lowest BCUT2D eigenvalue weighted by molar-refractivity contribution is -0.318. The number of pyridine rings is 1. The van der Waals surface area contributed by atoms with Crippen LogP contribution in [0.2, 0.25) is 0 Å². The summed E-state index contributed by atoms with van der Waals surface area (Å²) in [6.07, 6.45) is -7.03. The minimum Gasteiger partial charge on any atom is -0.459 e. The van der Waals surface area contributed by atoms with Gasteiger partial charge in [-0.05, 0) is 85.8 Å². The predicted octanol–water partition coefficient (Wildman–Crippen LogP) is 3.06. The van der Waals surface area contributed by atoms with E-state index in [1.54, 1.807) is 47.0 Å². The number of aliphatic hydroxyl groups excluding tert-OH is 3. The van der Waals surface area contributed by atoms with E-state index in [1.165, 1.54) is 27.9 Å². The first-order valence-corrected chi connectivity index (χ1v) is 23.5. The third kappa shape index (κ3) is 12.1. The molecule has 17 heteroatoms. The molecular weight excluding hydrogens is 855 g/mol. The highest BCUT2D eigenvalue weighted by Gasteiger charge is 2.53. The Morgan fingerprint density at radius 2 is 1.61 bits per heavy atom. The summed E-state index contributed by atoms with van der Waals surface area (Å²) in [6, 6.07) is 7.39. The van der Waals surface area contributed by atoms with Gasteiger partial charge in [-0.25, -0.2) is 0 Å². The number of carbonyl (C=O) groups excluding carboxylic acids is 3. The van der Waals surface area contributed by atoms with E-state index in [9.17, 15) is 39.9 Å². The van der Waals surface area contributed by atoms with Crippen molar-refractivity contribution < 1.29 is 68.3 Å². The molecule has 5 rings (SSSR count). The summed E-state index contributed by atoms with van der Waals surface area (Å²) < 4.78 is 37.7. The average Bonchev–Trinajstić information content (AvgIpc) is 3.26. The number of hydrogen-bond acceptors (Lipinski definition) is 16. The van der Waals surface area contributed by atoms with E-state index >= 15 is 0 Å². The average molecular weight is 932 g/mol. The van der Waals surface area contributed by atoms with Crippen LogP contribution in [0.25, 0.3) is 10.8 Å². The Hall–Kier alpha value is -3.20. The van der Waals surface area contributed by atoms with Crippen molar-refractivity contribution in [1.29, 1.82) is 0 Å². The van der Waals surface area contributed by atoms with Gasteiger partial charge in [-0.3, -0.25) is 19.4 Å². The number of aromatic nitrogens is 1. The number of Topliss-reactive ketones (excluding diaryl/α,β-unsaturated/α-hetero) is 1. The number of carbonyl (C=O) groups is 3. The predicted molar refractivity (Wildman–Crippen MR) is 244 cm³/mol. The number of aliphatic hydroxyl groups is 5. The van der Waals surface area contributed by atoms with E-state index in [2.05, 4.69) is 10.3 Å². The van der Waals surface area contributed by atoms with Crippen molar-refractivity contribution in [3.05, 3.63) is 42.2 Å². The third-order valence-electron chi connectivity index (χ3n) is 14.6. The Bertz CT molecular complexity index is 1940. The van der Waals surface area contributed by atoms with Gasteiger partial charge in [-0.2, -0.15) is 0 Å².